The summed E-state index contributed by atoms with van der Waals surface area (Å²) in [4.78, 5) is 35.9. The Labute approximate surface area is 208 Å². The van der Waals surface area contributed by atoms with Crippen LogP contribution in [-0.4, -0.2) is 65.4 Å². The van der Waals surface area contributed by atoms with Crippen molar-refractivity contribution in [3.63, 3.8) is 0 Å². The molecule has 1 unspecified atom stereocenters. The number of amides is 2. The van der Waals surface area contributed by atoms with E-state index in [4.69, 9.17) is 0 Å². The zero-order valence-electron chi connectivity index (χ0n) is 19.3. The lowest BCUT2D eigenvalue weighted by Gasteiger charge is -2.37. The van der Waals surface area contributed by atoms with E-state index in [-0.39, 0.29) is 17.9 Å². The summed E-state index contributed by atoms with van der Waals surface area (Å²) in [5, 5.41) is 4.80. The van der Waals surface area contributed by atoms with Crippen LogP contribution in [0.2, 0.25) is 0 Å². The fourth-order valence-corrected chi connectivity index (χ4v) is 5.86. The number of hydrogen-bond donors (Lipinski definition) is 0. The van der Waals surface area contributed by atoms with Crippen molar-refractivity contribution in [2.45, 2.75) is 12.5 Å². The maximum absolute atomic E-state index is 13.0. The van der Waals surface area contributed by atoms with E-state index >= 15 is 0 Å². The van der Waals surface area contributed by atoms with Gasteiger partial charge in [0, 0.05) is 62.5 Å². The van der Waals surface area contributed by atoms with Crippen molar-refractivity contribution in [3.8, 4) is 11.1 Å². The van der Waals surface area contributed by atoms with Gasteiger partial charge in [-0.2, -0.15) is 0 Å². The Morgan fingerprint density at radius 3 is 2.57 bits per heavy atom. The third kappa shape index (κ3) is 4.22. The van der Waals surface area contributed by atoms with E-state index in [9.17, 15) is 9.59 Å². The van der Waals surface area contributed by atoms with Crippen molar-refractivity contribution in [1.82, 2.24) is 14.8 Å². The van der Waals surface area contributed by atoms with E-state index in [2.05, 4.69) is 64.5 Å². The Balaban J connectivity index is 1.16. The van der Waals surface area contributed by atoms with Crippen LogP contribution in [0.5, 0.6) is 0 Å². The number of hydrogen-bond acceptors (Lipinski definition) is 5. The van der Waals surface area contributed by atoms with Crippen molar-refractivity contribution in [2.75, 3.05) is 37.6 Å². The molecule has 2 saturated heterocycles. The molecule has 6 nitrogen and oxygen atoms in total. The number of carbonyl (C=O) groups is 2. The number of benzene rings is 3. The molecule has 3 aromatic carbocycles. The summed E-state index contributed by atoms with van der Waals surface area (Å²) in [6.07, 6.45) is 2.18. The van der Waals surface area contributed by atoms with Gasteiger partial charge in [0.05, 0.1) is 0 Å². The molecule has 35 heavy (non-hydrogen) atoms. The number of piperazine rings is 1. The van der Waals surface area contributed by atoms with Gasteiger partial charge in [-0.25, -0.2) is 4.98 Å². The monoisotopic (exact) mass is 482 g/mol. The lowest BCUT2D eigenvalue weighted by molar-refractivity contribution is -0.117. The summed E-state index contributed by atoms with van der Waals surface area (Å²) in [5.74, 6) is 0.167. The average molecular weight is 483 g/mol. The molecule has 176 valence electrons. The summed E-state index contributed by atoms with van der Waals surface area (Å²) in [5.41, 5.74) is 3.24. The maximum atomic E-state index is 13.0. The van der Waals surface area contributed by atoms with E-state index in [1.54, 1.807) is 6.20 Å². The number of nitrogens with zero attached hydrogens (tertiary/aromatic N) is 4. The highest BCUT2D eigenvalue weighted by Gasteiger charge is 2.36. The van der Waals surface area contributed by atoms with Crippen LogP contribution in [0.3, 0.4) is 0 Å². The highest BCUT2D eigenvalue weighted by molar-refractivity contribution is 7.11. The number of fused-ring (bicyclic) bond motifs is 1. The molecule has 0 spiro atoms. The van der Waals surface area contributed by atoms with E-state index in [1.807, 2.05) is 27.3 Å². The first-order valence-corrected chi connectivity index (χ1v) is 12.9. The predicted octanol–water partition coefficient (Wildman–Crippen LogP) is 4.53. The van der Waals surface area contributed by atoms with Gasteiger partial charge in [-0.15, -0.1) is 11.3 Å². The van der Waals surface area contributed by atoms with Gasteiger partial charge < -0.3 is 9.80 Å². The van der Waals surface area contributed by atoms with Crippen molar-refractivity contribution in [1.29, 1.82) is 0 Å². The van der Waals surface area contributed by atoms with Crippen LogP contribution in [0.4, 0.5) is 5.69 Å². The number of thiazole rings is 1. The fraction of sp³-hybridized carbons (Fsp3) is 0.250. The Morgan fingerprint density at radius 2 is 1.74 bits per heavy atom. The molecular weight excluding hydrogens is 456 g/mol. The topological polar surface area (TPSA) is 56.8 Å². The Hall–Kier alpha value is -3.55. The number of anilines is 1. The maximum Gasteiger partial charge on any atom is 0.282 e. The smallest absolute Gasteiger partial charge is 0.282 e. The van der Waals surface area contributed by atoms with Crippen molar-refractivity contribution >= 4 is 39.6 Å². The Morgan fingerprint density at radius 1 is 0.943 bits per heavy atom. The fourth-order valence-electron chi connectivity index (χ4n) is 5.26. The molecule has 0 radical (unpaired) electrons. The van der Waals surface area contributed by atoms with E-state index < -0.39 is 0 Å². The average Bonchev–Trinajstić information content (AvgIpc) is 3.58. The van der Waals surface area contributed by atoms with Crippen LogP contribution in [0.1, 0.15) is 16.2 Å². The molecule has 1 aromatic heterocycles. The molecule has 1 atom stereocenters. The minimum absolute atomic E-state index is 0.00836. The highest BCUT2D eigenvalue weighted by Crippen LogP contribution is 2.33. The summed E-state index contributed by atoms with van der Waals surface area (Å²) in [7, 11) is 0. The lowest BCUT2D eigenvalue weighted by atomic mass is 9.98. The quantitative estimate of drug-likeness (QED) is 0.429. The van der Waals surface area contributed by atoms with Crippen LogP contribution in [-0.2, 0) is 4.79 Å². The molecule has 2 aliphatic rings. The molecule has 0 aliphatic carbocycles. The molecule has 4 aromatic rings. The van der Waals surface area contributed by atoms with Crippen LogP contribution < -0.4 is 4.90 Å². The van der Waals surface area contributed by atoms with Gasteiger partial charge in [0.2, 0.25) is 5.91 Å². The lowest BCUT2D eigenvalue weighted by Crippen LogP contribution is -2.52. The van der Waals surface area contributed by atoms with Gasteiger partial charge >= 0.3 is 0 Å². The largest absolute Gasteiger partial charge is 0.334 e. The minimum atomic E-state index is 0.00836. The van der Waals surface area contributed by atoms with Crippen molar-refractivity contribution < 1.29 is 9.59 Å². The Kier molecular flexibility index (Phi) is 5.80. The zero-order chi connectivity index (χ0) is 23.8. The van der Waals surface area contributed by atoms with Gasteiger partial charge in [-0.05, 0) is 34.0 Å². The molecule has 0 saturated carbocycles. The van der Waals surface area contributed by atoms with Gasteiger partial charge in [0.1, 0.15) is 0 Å². The molecule has 2 fully saturated rings. The third-order valence-corrected chi connectivity index (χ3v) is 7.86. The highest BCUT2D eigenvalue weighted by atomic mass is 32.1. The van der Waals surface area contributed by atoms with Crippen LogP contribution in [0, 0.1) is 0 Å². The minimum Gasteiger partial charge on any atom is -0.334 e. The predicted molar refractivity (Wildman–Crippen MR) is 140 cm³/mol. The first kappa shape index (κ1) is 21.9. The van der Waals surface area contributed by atoms with Crippen LogP contribution in [0.25, 0.3) is 21.9 Å². The zero-order valence-corrected chi connectivity index (χ0v) is 20.2. The molecule has 7 heteroatoms. The first-order valence-electron chi connectivity index (χ1n) is 12.0. The number of rotatable bonds is 4. The van der Waals surface area contributed by atoms with Gasteiger partial charge in [-0.1, -0.05) is 54.6 Å². The summed E-state index contributed by atoms with van der Waals surface area (Å²) in [6.45, 7) is 3.56. The van der Waals surface area contributed by atoms with Crippen LogP contribution >= 0.6 is 11.3 Å². The van der Waals surface area contributed by atoms with Crippen LogP contribution in [0.15, 0.2) is 78.3 Å². The molecule has 2 aliphatic heterocycles. The van der Waals surface area contributed by atoms with Crippen molar-refractivity contribution in [3.05, 3.63) is 83.3 Å². The molecule has 0 N–H and O–H groups in total. The SMILES string of the molecule is O=C(c1nccs1)N1CCN(C2CC(=O)N(c3cccc(-c4cccc5ccccc45)c3)C2)CC1. The molecule has 2 amide bonds. The van der Waals surface area contributed by atoms with Gasteiger partial charge in [0.25, 0.3) is 5.91 Å². The second-order valence-corrected chi connectivity index (χ2v) is 10.00. The molecule has 0 bridgehead atoms. The summed E-state index contributed by atoms with van der Waals surface area (Å²) in [6, 6.07) is 23.2. The molecule has 3 heterocycles. The molecular formula is C28H26N4O2S. The second kappa shape index (κ2) is 9.24. The van der Waals surface area contributed by atoms with Gasteiger partial charge in [0.15, 0.2) is 5.01 Å². The second-order valence-electron chi connectivity index (χ2n) is 9.10. The molecule has 6 rings (SSSR count). The van der Waals surface area contributed by atoms with Gasteiger partial charge in [-0.3, -0.25) is 14.5 Å². The summed E-state index contributed by atoms with van der Waals surface area (Å²) >= 11 is 1.38. The number of carbonyl (C=O) groups excluding carboxylic acids is 2. The number of aromatic nitrogens is 1. The Bertz CT molecular complexity index is 1370. The van der Waals surface area contributed by atoms with E-state index in [1.165, 1.54) is 27.7 Å². The van der Waals surface area contributed by atoms with E-state index in [0.29, 0.717) is 31.1 Å². The van der Waals surface area contributed by atoms with E-state index in [0.717, 1.165) is 24.3 Å². The third-order valence-electron chi connectivity index (χ3n) is 7.10. The standard InChI is InChI=1S/C28H26N4O2S/c33-26-18-23(30-12-14-31(15-13-30)28(34)27-29-11-16-35-27)19-32(26)22-8-3-7-21(17-22)25-10-4-6-20-5-1-2-9-24(20)25/h1-11,16-17,23H,12-15,18-19H2. The van der Waals surface area contributed by atoms with Crippen molar-refractivity contribution in [2.24, 2.45) is 0 Å². The summed E-state index contributed by atoms with van der Waals surface area (Å²) < 4.78 is 0. The normalized spacial score (nSPS) is 19.0. The first-order chi connectivity index (χ1) is 17.2.